The maximum atomic E-state index is 13.6. The second-order valence-electron chi connectivity index (χ2n) is 3.49. The van der Waals surface area contributed by atoms with Crippen LogP contribution in [0.25, 0.3) is 0 Å². The molecule has 1 unspecified atom stereocenters. The van der Waals surface area contributed by atoms with Crippen molar-refractivity contribution in [1.29, 1.82) is 5.26 Å². The fraction of sp³-hybridized carbons (Fsp3) is 0.333. The van der Waals surface area contributed by atoms with Gasteiger partial charge in [0.2, 0.25) is 0 Å². The zero-order chi connectivity index (χ0) is 12.2. The molecule has 84 valence electrons. The summed E-state index contributed by atoms with van der Waals surface area (Å²) in [4.78, 5) is 11.6. The number of nitriles is 1. The first-order valence-corrected chi connectivity index (χ1v) is 5.35. The standard InChI is InChI=1S/C12H11ClFNO/c1-9(16)12(8-15,6-7-13)10-4-2-3-5-11(10)14/h2-5H,6-7H2,1H3. The van der Waals surface area contributed by atoms with Crippen molar-refractivity contribution in [2.75, 3.05) is 5.88 Å². The third-order valence-corrected chi connectivity index (χ3v) is 2.78. The summed E-state index contributed by atoms with van der Waals surface area (Å²) in [5.41, 5.74) is -1.36. The number of hydrogen-bond donors (Lipinski definition) is 0. The topological polar surface area (TPSA) is 40.9 Å². The van der Waals surface area contributed by atoms with Gasteiger partial charge in [0.25, 0.3) is 0 Å². The van der Waals surface area contributed by atoms with Gasteiger partial charge in [-0.05, 0) is 19.4 Å². The highest BCUT2D eigenvalue weighted by Crippen LogP contribution is 2.31. The molecule has 1 aromatic rings. The van der Waals surface area contributed by atoms with Crippen LogP contribution in [0.2, 0.25) is 0 Å². The van der Waals surface area contributed by atoms with Gasteiger partial charge in [-0.1, -0.05) is 18.2 Å². The van der Waals surface area contributed by atoms with Gasteiger partial charge < -0.3 is 0 Å². The maximum absolute atomic E-state index is 13.6. The van der Waals surface area contributed by atoms with Crippen molar-refractivity contribution in [3.8, 4) is 6.07 Å². The number of carbonyl (C=O) groups is 1. The molecule has 0 bridgehead atoms. The van der Waals surface area contributed by atoms with Crippen LogP contribution in [0, 0.1) is 17.1 Å². The smallest absolute Gasteiger partial charge is 0.154 e. The zero-order valence-corrected chi connectivity index (χ0v) is 9.59. The Hall–Kier alpha value is -1.40. The fourth-order valence-electron chi connectivity index (χ4n) is 1.64. The van der Waals surface area contributed by atoms with E-state index in [-0.39, 0.29) is 23.6 Å². The van der Waals surface area contributed by atoms with Gasteiger partial charge in [-0.2, -0.15) is 5.26 Å². The van der Waals surface area contributed by atoms with E-state index in [9.17, 15) is 9.18 Å². The van der Waals surface area contributed by atoms with E-state index in [4.69, 9.17) is 16.9 Å². The second-order valence-corrected chi connectivity index (χ2v) is 3.87. The lowest BCUT2D eigenvalue weighted by Crippen LogP contribution is -2.34. The Bertz CT molecular complexity index is 441. The molecule has 1 aromatic carbocycles. The number of hydrogen-bond acceptors (Lipinski definition) is 2. The van der Waals surface area contributed by atoms with Crippen LogP contribution in [-0.4, -0.2) is 11.7 Å². The zero-order valence-electron chi connectivity index (χ0n) is 8.84. The summed E-state index contributed by atoms with van der Waals surface area (Å²) in [5.74, 6) is -0.813. The first kappa shape index (κ1) is 12.7. The maximum Gasteiger partial charge on any atom is 0.154 e. The van der Waals surface area contributed by atoms with Crippen LogP contribution in [0.1, 0.15) is 18.9 Å². The van der Waals surface area contributed by atoms with Crippen LogP contribution in [0.4, 0.5) is 4.39 Å². The Morgan fingerprint density at radius 3 is 2.62 bits per heavy atom. The van der Waals surface area contributed by atoms with Crippen molar-refractivity contribution in [1.82, 2.24) is 0 Å². The van der Waals surface area contributed by atoms with Gasteiger partial charge in [0, 0.05) is 11.4 Å². The minimum Gasteiger partial charge on any atom is -0.298 e. The lowest BCUT2D eigenvalue weighted by atomic mass is 9.76. The Kier molecular flexibility index (Phi) is 4.03. The quantitative estimate of drug-likeness (QED) is 0.758. The highest BCUT2D eigenvalue weighted by molar-refractivity contribution is 6.18. The van der Waals surface area contributed by atoms with Crippen molar-refractivity contribution in [2.45, 2.75) is 18.8 Å². The van der Waals surface area contributed by atoms with Crippen LogP contribution in [0.5, 0.6) is 0 Å². The van der Waals surface area contributed by atoms with E-state index < -0.39 is 11.2 Å². The molecule has 0 aliphatic rings. The summed E-state index contributed by atoms with van der Waals surface area (Å²) in [6, 6.07) is 7.70. The molecular weight excluding hydrogens is 229 g/mol. The summed E-state index contributed by atoms with van der Waals surface area (Å²) < 4.78 is 13.6. The Balaban J connectivity index is 3.38. The molecular formula is C12H11ClFNO. The van der Waals surface area contributed by atoms with Crippen molar-refractivity contribution in [3.63, 3.8) is 0 Å². The number of nitrogens with zero attached hydrogens (tertiary/aromatic N) is 1. The molecule has 0 amide bonds. The number of halogens is 2. The van der Waals surface area contributed by atoms with E-state index in [0.717, 1.165) is 0 Å². The molecule has 0 spiro atoms. The van der Waals surface area contributed by atoms with Crippen molar-refractivity contribution >= 4 is 17.4 Å². The molecule has 4 heteroatoms. The van der Waals surface area contributed by atoms with E-state index in [1.54, 1.807) is 6.07 Å². The molecule has 0 heterocycles. The molecule has 0 aliphatic carbocycles. The van der Waals surface area contributed by atoms with E-state index in [0.29, 0.717) is 0 Å². The first-order valence-electron chi connectivity index (χ1n) is 4.81. The third-order valence-electron chi connectivity index (χ3n) is 2.60. The number of rotatable bonds is 4. The third kappa shape index (κ3) is 2.07. The summed E-state index contributed by atoms with van der Waals surface area (Å²) in [5, 5.41) is 9.16. The molecule has 0 radical (unpaired) electrons. The molecule has 16 heavy (non-hydrogen) atoms. The van der Waals surface area contributed by atoms with E-state index in [1.165, 1.54) is 25.1 Å². The lowest BCUT2D eigenvalue weighted by Gasteiger charge is -2.23. The largest absolute Gasteiger partial charge is 0.298 e. The molecule has 1 rings (SSSR count). The number of ketones is 1. The van der Waals surface area contributed by atoms with Crippen molar-refractivity contribution in [2.24, 2.45) is 0 Å². The molecule has 2 nitrogen and oxygen atoms in total. The lowest BCUT2D eigenvalue weighted by molar-refractivity contribution is -0.120. The summed E-state index contributed by atoms with van der Waals surface area (Å²) in [6.45, 7) is 1.28. The average molecular weight is 240 g/mol. The van der Waals surface area contributed by atoms with Gasteiger partial charge in [0.05, 0.1) is 6.07 Å². The number of benzene rings is 1. The highest BCUT2D eigenvalue weighted by atomic mass is 35.5. The molecule has 1 atom stereocenters. The van der Waals surface area contributed by atoms with E-state index in [2.05, 4.69) is 0 Å². The highest BCUT2D eigenvalue weighted by Gasteiger charge is 2.39. The van der Waals surface area contributed by atoms with Gasteiger partial charge in [-0.15, -0.1) is 11.6 Å². The van der Waals surface area contributed by atoms with Gasteiger partial charge >= 0.3 is 0 Å². The number of carbonyl (C=O) groups excluding carboxylic acids is 1. The van der Waals surface area contributed by atoms with Crippen LogP contribution < -0.4 is 0 Å². The first-order chi connectivity index (χ1) is 7.58. The Morgan fingerprint density at radius 1 is 1.56 bits per heavy atom. The monoisotopic (exact) mass is 239 g/mol. The predicted molar refractivity (Wildman–Crippen MR) is 59.7 cm³/mol. The average Bonchev–Trinajstić information content (AvgIpc) is 2.26. The molecule has 0 saturated carbocycles. The SMILES string of the molecule is CC(=O)C(C#N)(CCCl)c1ccccc1F. The summed E-state index contributed by atoms with van der Waals surface area (Å²) in [7, 11) is 0. The van der Waals surface area contributed by atoms with Gasteiger partial charge in [-0.25, -0.2) is 4.39 Å². The van der Waals surface area contributed by atoms with Gasteiger partial charge in [0.1, 0.15) is 11.2 Å². The fourth-order valence-corrected chi connectivity index (χ4v) is 1.93. The predicted octanol–water partition coefficient (Wildman–Crippen LogP) is 2.80. The van der Waals surface area contributed by atoms with E-state index >= 15 is 0 Å². The molecule has 0 aliphatic heterocycles. The summed E-state index contributed by atoms with van der Waals surface area (Å²) in [6.07, 6.45) is 0.112. The molecule has 0 saturated heterocycles. The minimum absolute atomic E-state index is 0.102. The van der Waals surface area contributed by atoms with E-state index in [1.807, 2.05) is 6.07 Å². The van der Waals surface area contributed by atoms with Crippen LogP contribution in [-0.2, 0) is 10.2 Å². The van der Waals surface area contributed by atoms with Gasteiger partial charge in [0.15, 0.2) is 5.78 Å². The molecule has 0 fully saturated rings. The molecule has 0 aromatic heterocycles. The number of Topliss-reactive ketones (excluding diaryl/α,β-unsaturated/α-hetero) is 1. The number of alkyl halides is 1. The van der Waals surface area contributed by atoms with Crippen LogP contribution >= 0.6 is 11.6 Å². The van der Waals surface area contributed by atoms with Crippen LogP contribution in [0.3, 0.4) is 0 Å². The van der Waals surface area contributed by atoms with Crippen molar-refractivity contribution in [3.05, 3.63) is 35.6 Å². The summed E-state index contributed by atoms with van der Waals surface area (Å²) >= 11 is 5.59. The Morgan fingerprint density at radius 2 is 2.19 bits per heavy atom. The van der Waals surface area contributed by atoms with Crippen LogP contribution in [0.15, 0.2) is 24.3 Å². The minimum atomic E-state index is -1.47. The van der Waals surface area contributed by atoms with Gasteiger partial charge in [-0.3, -0.25) is 4.79 Å². The normalized spacial score (nSPS) is 13.9. The Labute approximate surface area is 98.6 Å². The second kappa shape index (κ2) is 5.09. The van der Waals surface area contributed by atoms with Crippen molar-refractivity contribution < 1.29 is 9.18 Å². The molecule has 0 N–H and O–H groups in total.